The van der Waals surface area contributed by atoms with Gasteiger partial charge in [0.1, 0.15) is 11.5 Å². The molecule has 74 valence electrons. The molecule has 0 fully saturated rings. The van der Waals surface area contributed by atoms with E-state index in [0.29, 0.717) is 5.92 Å². The molecule has 1 heterocycles. The Morgan fingerprint density at radius 2 is 2.07 bits per heavy atom. The fourth-order valence-corrected chi connectivity index (χ4v) is 3.82. The summed E-state index contributed by atoms with van der Waals surface area (Å²) >= 11 is 0. The molecule has 0 saturated heterocycles. The molecule has 1 aromatic carbocycles. The van der Waals surface area contributed by atoms with E-state index in [1.807, 2.05) is 18.2 Å². The summed E-state index contributed by atoms with van der Waals surface area (Å²) in [4.78, 5) is 11.7. The zero-order chi connectivity index (χ0) is 9.97. The minimum absolute atomic E-state index is 0.554. The second-order valence-corrected chi connectivity index (χ2v) is 5.72. The SMILES string of the molecule is CC1CC[P+]([O-])=C1Cc1ccccc1. The molecule has 14 heavy (non-hydrogen) atoms. The normalized spacial score (nSPS) is 24.3. The van der Waals surface area contributed by atoms with Gasteiger partial charge in [0.2, 0.25) is 0 Å². The van der Waals surface area contributed by atoms with E-state index in [9.17, 15) is 4.89 Å². The van der Waals surface area contributed by atoms with Crippen LogP contribution in [0, 0.1) is 5.92 Å². The maximum Gasteiger partial charge on any atom is 0.103 e. The van der Waals surface area contributed by atoms with Crippen LogP contribution < -0.4 is 4.89 Å². The molecule has 0 amide bonds. The molecule has 0 bridgehead atoms. The van der Waals surface area contributed by atoms with Gasteiger partial charge in [0.15, 0.2) is 0 Å². The maximum atomic E-state index is 11.7. The van der Waals surface area contributed by atoms with Crippen molar-refractivity contribution in [2.75, 3.05) is 6.16 Å². The van der Waals surface area contributed by atoms with Crippen LogP contribution in [0.5, 0.6) is 0 Å². The zero-order valence-corrected chi connectivity index (χ0v) is 9.34. The van der Waals surface area contributed by atoms with Gasteiger partial charge in [-0.3, -0.25) is 0 Å². The van der Waals surface area contributed by atoms with Crippen LogP contribution in [0.4, 0.5) is 0 Å². The molecule has 1 aliphatic rings. The van der Waals surface area contributed by atoms with Crippen LogP contribution in [-0.2, 0) is 6.42 Å². The second-order valence-electron chi connectivity index (χ2n) is 3.95. The minimum atomic E-state index is -1.02. The first-order valence-electron chi connectivity index (χ1n) is 5.11. The average Bonchev–Trinajstić information content (AvgIpc) is 2.51. The molecule has 2 rings (SSSR count). The van der Waals surface area contributed by atoms with Crippen LogP contribution in [-0.4, -0.2) is 11.5 Å². The second kappa shape index (κ2) is 4.25. The lowest BCUT2D eigenvalue weighted by molar-refractivity contribution is -0.152. The van der Waals surface area contributed by atoms with Gasteiger partial charge in [0.25, 0.3) is 0 Å². The molecule has 2 unspecified atom stereocenters. The Morgan fingerprint density at radius 1 is 1.36 bits per heavy atom. The van der Waals surface area contributed by atoms with Crippen molar-refractivity contribution in [3.63, 3.8) is 0 Å². The van der Waals surface area contributed by atoms with Gasteiger partial charge in [-0.1, -0.05) is 37.3 Å². The van der Waals surface area contributed by atoms with Crippen LogP contribution >= 0.6 is 7.77 Å². The number of hydrogen-bond acceptors (Lipinski definition) is 1. The lowest BCUT2D eigenvalue weighted by Crippen LogP contribution is -2.10. The summed E-state index contributed by atoms with van der Waals surface area (Å²) in [6, 6.07) is 10.3. The first-order valence-corrected chi connectivity index (χ1v) is 6.56. The summed E-state index contributed by atoms with van der Waals surface area (Å²) in [5, 5.41) is 1.27. The summed E-state index contributed by atoms with van der Waals surface area (Å²) in [6.07, 6.45) is 2.92. The lowest BCUT2D eigenvalue weighted by atomic mass is 9.99. The van der Waals surface area contributed by atoms with Gasteiger partial charge in [-0.2, -0.15) is 0 Å². The van der Waals surface area contributed by atoms with Gasteiger partial charge >= 0.3 is 0 Å². The number of hydrogen-bond donors (Lipinski definition) is 0. The quantitative estimate of drug-likeness (QED) is 0.680. The van der Waals surface area contributed by atoms with Crippen molar-refractivity contribution in [1.29, 1.82) is 0 Å². The van der Waals surface area contributed by atoms with Gasteiger partial charge in [-0.05, 0) is 12.0 Å². The molecule has 0 spiro atoms. The van der Waals surface area contributed by atoms with E-state index in [0.717, 1.165) is 19.0 Å². The van der Waals surface area contributed by atoms with Crippen molar-refractivity contribution in [1.82, 2.24) is 0 Å². The molecule has 2 atom stereocenters. The fraction of sp³-hybridized carbons (Fsp3) is 0.417. The summed E-state index contributed by atoms with van der Waals surface area (Å²) < 4.78 is 0. The van der Waals surface area contributed by atoms with Crippen molar-refractivity contribution < 1.29 is 4.89 Å². The van der Waals surface area contributed by atoms with E-state index in [1.165, 1.54) is 10.9 Å². The minimum Gasteiger partial charge on any atom is -0.630 e. The summed E-state index contributed by atoms with van der Waals surface area (Å²) in [7, 11) is -1.02. The third kappa shape index (κ3) is 2.05. The molecular formula is C12H15OP. The molecule has 0 N–H and O–H groups in total. The Kier molecular flexibility index (Phi) is 3.00. The molecule has 1 nitrogen and oxygen atoms in total. The number of benzene rings is 1. The summed E-state index contributed by atoms with van der Waals surface area (Å²) in [5.74, 6) is 0.554. The third-order valence-electron chi connectivity index (χ3n) is 2.88. The van der Waals surface area contributed by atoms with Crippen molar-refractivity contribution >= 4 is 13.1 Å². The highest BCUT2D eigenvalue weighted by atomic mass is 31.1. The van der Waals surface area contributed by atoms with Crippen LogP contribution in [0.3, 0.4) is 0 Å². The standard InChI is InChI=1S/C12H15OP/c1-10-7-8-14(13)12(10)9-11-5-3-2-4-6-11/h2-6,10H,7-9H2,1H3. The molecule has 0 saturated carbocycles. The maximum absolute atomic E-state index is 11.7. The fourth-order valence-electron chi connectivity index (χ4n) is 1.93. The van der Waals surface area contributed by atoms with Crippen molar-refractivity contribution in [2.24, 2.45) is 5.92 Å². The molecule has 2 heteroatoms. The van der Waals surface area contributed by atoms with E-state index in [-0.39, 0.29) is 0 Å². The average molecular weight is 206 g/mol. The van der Waals surface area contributed by atoms with Crippen molar-refractivity contribution in [3.05, 3.63) is 35.9 Å². The highest BCUT2D eigenvalue weighted by Crippen LogP contribution is 2.32. The van der Waals surface area contributed by atoms with E-state index in [1.54, 1.807) is 0 Å². The Labute approximate surface area is 86.3 Å². The monoisotopic (exact) mass is 206 g/mol. The summed E-state index contributed by atoms with van der Waals surface area (Å²) in [6.45, 7) is 2.19. The molecule has 1 aromatic rings. The predicted octanol–water partition coefficient (Wildman–Crippen LogP) is 2.20. The highest BCUT2D eigenvalue weighted by Gasteiger charge is 2.25. The van der Waals surface area contributed by atoms with Gasteiger partial charge in [0, 0.05) is 12.3 Å². The zero-order valence-electron chi connectivity index (χ0n) is 8.44. The van der Waals surface area contributed by atoms with Crippen LogP contribution in [0.1, 0.15) is 18.9 Å². The third-order valence-corrected chi connectivity index (χ3v) is 4.79. The predicted molar refractivity (Wildman–Crippen MR) is 60.7 cm³/mol. The topological polar surface area (TPSA) is 23.1 Å². The summed E-state index contributed by atoms with van der Waals surface area (Å²) in [5.41, 5.74) is 1.29. The largest absolute Gasteiger partial charge is 0.630 e. The Balaban J connectivity index is 2.15. The highest BCUT2D eigenvalue weighted by molar-refractivity contribution is 7.52. The van der Waals surface area contributed by atoms with Crippen molar-refractivity contribution in [3.8, 4) is 0 Å². The van der Waals surface area contributed by atoms with E-state index >= 15 is 0 Å². The molecule has 1 aliphatic heterocycles. The Hall–Kier alpha value is -0.650. The van der Waals surface area contributed by atoms with Gasteiger partial charge in [0.05, 0.1) is 7.77 Å². The van der Waals surface area contributed by atoms with E-state index in [4.69, 9.17) is 0 Å². The Bertz CT molecular complexity index is 343. The van der Waals surface area contributed by atoms with Crippen LogP contribution in [0.25, 0.3) is 0 Å². The van der Waals surface area contributed by atoms with Gasteiger partial charge in [-0.15, -0.1) is 0 Å². The van der Waals surface area contributed by atoms with Gasteiger partial charge in [-0.25, -0.2) is 0 Å². The Morgan fingerprint density at radius 3 is 2.64 bits per heavy atom. The lowest BCUT2D eigenvalue weighted by Gasteiger charge is -2.04. The van der Waals surface area contributed by atoms with E-state index < -0.39 is 7.77 Å². The van der Waals surface area contributed by atoms with Gasteiger partial charge < -0.3 is 4.89 Å². The molecule has 0 aromatic heterocycles. The van der Waals surface area contributed by atoms with Crippen LogP contribution in [0.2, 0.25) is 0 Å². The van der Waals surface area contributed by atoms with E-state index in [2.05, 4.69) is 19.1 Å². The molecule has 0 aliphatic carbocycles. The number of rotatable bonds is 2. The first kappa shape index (κ1) is 9.89. The molecule has 0 radical (unpaired) electrons. The molecular weight excluding hydrogens is 191 g/mol. The smallest absolute Gasteiger partial charge is 0.103 e. The first-order chi connectivity index (χ1) is 6.77. The van der Waals surface area contributed by atoms with Crippen LogP contribution in [0.15, 0.2) is 30.3 Å². The van der Waals surface area contributed by atoms with Crippen molar-refractivity contribution in [2.45, 2.75) is 19.8 Å².